The van der Waals surface area contributed by atoms with Crippen molar-refractivity contribution in [2.45, 2.75) is 69.9 Å². The molecule has 1 saturated heterocycles. The van der Waals surface area contributed by atoms with Crippen LogP contribution in [-0.2, 0) is 4.79 Å². The Balaban J connectivity index is 1.39. The van der Waals surface area contributed by atoms with Crippen molar-refractivity contribution in [3.63, 3.8) is 0 Å². The highest BCUT2D eigenvalue weighted by Gasteiger charge is 2.38. The number of carboxylic acids is 1. The summed E-state index contributed by atoms with van der Waals surface area (Å²) < 4.78 is 13.3. The van der Waals surface area contributed by atoms with Gasteiger partial charge in [0.1, 0.15) is 11.9 Å². The second-order valence-electron chi connectivity index (χ2n) is 10.8. The summed E-state index contributed by atoms with van der Waals surface area (Å²) >= 11 is 0. The van der Waals surface area contributed by atoms with E-state index in [-0.39, 0.29) is 11.9 Å². The fourth-order valence-corrected chi connectivity index (χ4v) is 6.08. The van der Waals surface area contributed by atoms with Gasteiger partial charge in [-0.05, 0) is 92.1 Å². The summed E-state index contributed by atoms with van der Waals surface area (Å²) in [5, 5.41) is 13.2. The monoisotopic (exact) mass is 466 g/mol. The first-order valence-corrected chi connectivity index (χ1v) is 12.9. The van der Waals surface area contributed by atoms with Gasteiger partial charge in [-0.1, -0.05) is 56.3 Å². The number of rotatable bonds is 9. The Morgan fingerprint density at radius 1 is 1.03 bits per heavy atom. The molecule has 34 heavy (non-hydrogen) atoms. The molecule has 2 aromatic carbocycles. The number of likely N-dealkylation sites (tertiary alicyclic amines) is 1. The maximum absolute atomic E-state index is 13.3. The molecular formula is C29H39FN2O2. The van der Waals surface area contributed by atoms with Crippen LogP contribution >= 0.6 is 0 Å². The first-order valence-electron chi connectivity index (χ1n) is 12.9. The van der Waals surface area contributed by atoms with Crippen molar-refractivity contribution in [2.24, 2.45) is 11.8 Å². The van der Waals surface area contributed by atoms with E-state index in [2.05, 4.69) is 54.4 Å². The molecule has 5 heteroatoms. The Morgan fingerprint density at radius 3 is 2.32 bits per heavy atom. The lowest BCUT2D eigenvalue weighted by atomic mass is 9.86. The van der Waals surface area contributed by atoms with Gasteiger partial charge in [-0.25, -0.2) is 4.39 Å². The van der Waals surface area contributed by atoms with Gasteiger partial charge in [0.05, 0.1) is 0 Å². The third-order valence-corrected chi connectivity index (χ3v) is 7.79. The van der Waals surface area contributed by atoms with E-state index in [4.69, 9.17) is 0 Å². The zero-order valence-corrected chi connectivity index (χ0v) is 20.5. The zero-order chi connectivity index (χ0) is 24.1. The van der Waals surface area contributed by atoms with Gasteiger partial charge < -0.3 is 15.3 Å². The van der Waals surface area contributed by atoms with E-state index in [1.54, 1.807) is 12.1 Å². The van der Waals surface area contributed by atoms with E-state index in [1.807, 2.05) is 12.1 Å². The largest absolute Gasteiger partial charge is 0.480 e. The molecule has 4 rings (SSSR count). The van der Waals surface area contributed by atoms with E-state index >= 15 is 0 Å². The lowest BCUT2D eigenvalue weighted by molar-refractivity contribution is -0.140. The van der Waals surface area contributed by atoms with Gasteiger partial charge in [-0.15, -0.1) is 0 Å². The van der Waals surface area contributed by atoms with Gasteiger partial charge in [-0.2, -0.15) is 0 Å². The van der Waals surface area contributed by atoms with Crippen LogP contribution in [0.3, 0.4) is 0 Å². The summed E-state index contributed by atoms with van der Waals surface area (Å²) in [4.78, 5) is 14.4. The van der Waals surface area contributed by atoms with Crippen molar-refractivity contribution < 1.29 is 14.3 Å². The van der Waals surface area contributed by atoms with E-state index in [0.717, 1.165) is 45.3 Å². The number of carbonyl (C=O) groups is 1. The van der Waals surface area contributed by atoms with E-state index in [9.17, 15) is 14.3 Å². The minimum atomic E-state index is -0.740. The number of carboxylic acid groups (broad SMARTS) is 1. The van der Waals surface area contributed by atoms with Crippen LogP contribution in [0.1, 0.15) is 68.9 Å². The van der Waals surface area contributed by atoms with Gasteiger partial charge in [0.25, 0.3) is 0 Å². The average molecular weight is 467 g/mol. The molecule has 2 fully saturated rings. The molecule has 1 heterocycles. The van der Waals surface area contributed by atoms with Crippen LogP contribution < -0.4 is 5.32 Å². The summed E-state index contributed by atoms with van der Waals surface area (Å²) in [6.07, 6.45) is 4.86. The molecule has 2 N–H and O–H groups in total. The lowest BCUT2D eigenvalue weighted by Gasteiger charge is -2.35. The minimum absolute atomic E-state index is 0.170. The lowest BCUT2D eigenvalue weighted by Crippen LogP contribution is -2.43. The fraction of sp³-hybridized carbons (Fsp3) is 0.552. The summed E-state index contributed by atoms with van der Waals surface area (Å²) in [6.45, 7) is 7.33. The highest BCUT2D eigenvalue weighted by Crippen LogP contribution is 2.41. The summed E-state index contributed by atoms with van der Waals surface area (Å²) in [6, 6.07) is 17.5. The highest BCUT2D eigenvalue weighted by molar-refractivity contribution is 5.73. The van der Waals surface area contributed by atoms with Crippen molar-refractivity contribution in [2.75, 3.05) is 19.6 Å². The molecule has 2 aromatic rings. The fourth-order valence-electron chi connectivity index (χ4n) is 6.08. The number of piperidine rings is 1. The Kier molecular flexibility index (Phi) is 8.38. The molecule has 4 nitrogen and oxygen atoms in total. The molecule has 3 unspecified atom stereocenters. The smallest absolute Gasteiger partial charge is 0.320 e. The van der Waals surface area contributed by atoms with Crippen LogP contribution in [0.25, 0.3) is 0 Å². The molecule has 184 valence electrons. The van der Waals surface area contributed by atoms with Gasteiger partial charge in [-0.3, -0.25) is 4.79 Å². The zero-order valence-electron chi connectivity index (χ0n) is 20.5. The Morgan fingerprint density at radius 2 is 1.71 bits per heavy atom. The SMILES string of the molecule is CC(C)C[C@@H](NC1CC(CN2CCC(c3ccc(F)cc3)CC2)C(c2ccccc2)C1)C(=O)O. The first-order chi connectivity index (χ1) is 16.4. The minimum Gasteiger partial charge on any atom is -0.480 e. The molecular weight excluding hydrogens is 427 g/mol. The van der Waals surface area contributed by atoms with Crippen molar-refractivity contribution in [3.8, 4) is 0 Å². The predicted molar refractivity (Wildman–Crippen MR) is 135 cm³/mol. The van der Waals surface area contributed by atoms with Crippen molar-refractivity contribution in [1.82, 2.24) is 10.2 Å². The van der Waals surface area contributed by atoms with Crippen LogP contribution in [0, 0.1) is 17.7 Å². The molecule has 2 aliphatic rings. The predicted octanol–water partition coefficient (Wildman–Crippen LogP) is 5.66. The third kappa shape index (κ3) is 6.45. The number of halogens is 1. The Hall–Kier alpha value is -2.24. The number of hydrogen-bond donors (Lipinski definition) is 2. The molecule has 1 aliphatic carbocycles. The summed E-state index contributed by atoms with van der Waals surface area (Å²) in [7, 11) is 0. The number of aliphatic carboxylic acids is 1. The summed E-state index contributed by atoms with van der Waals surface area (Å²) in [5.74, 6) is 0.898. The normalized spacial score (nSPS) is 25.0. The number of hydrogen-bond acceptors (Lipinski definition) is 3. The van der Waals surface area contributed by atoms with Crippen molar-refractivity contribution in [1.29, 1.82) is 0 Å². The van der Waals surface area contributed by atoms with Crippen LogP contribution in [-0.4, -0.2) is 47.7 Å². The van der Waals surface area contributed by atoms with Gasteiger partial charge in [0.2, 0.25) is 0 Å². The maximum Gasteiger partial charge on any atom is 0.320 e. The average Bonchev–Trinajstić information content (AvgIpc) is 3.22. The first kappa shape index (κ1) is 24.9. The van der Waals surface area contributed by atoms with Gasteiger partial charge in [0, 0.05) is 12.6 Å². The highest BCUT2D eigenvalue weighted by atomic mass is 19.1. The molecule has 4 atom stereocenters. The number of benzene rings is 2. The molecule has 0 amide bonds. The maximum atomic E-state index is 13.3. The Labute approximate surface area is 203 Å². The quantitative estimate of drug-likeness (QED) is 0.501. The van der Waals surface area contributed by atoms with Crippen LogP contribution in [0.2, 0.25) is 0 Å². The molecule has 1 saturated carbocycles. The van der Waals surface area contributed by atoms with E-state index < -0.39 is 12.0 Å². The molecule has 0 aromatic heterocycles. The van der Waals surface area contributed by atoms with Crippen molar-refractivity contribution in [3.05, 3.63) is 71.5 Å². The Bertz CT molecular complexity index is 909. The third-order valence-electron chi connectivity index (χ3n) is 7.79. The van der Waals surface area contributed by atoms with Gasteiger partial charge in [0.15, 0.2) is 0 Å². The second-order valence-corrected chi connectivity index (χ2v) is 10.8. The second kappa shape index (κ2) is 11.5. The molecule has 1 aliphatic heterocycles. The van der Waals surface area contributed by atoms with E-state index in [0.29, 0.717) is 30.1 Å². The van der Waals surface area contributed by atoms with E-state index in [1.165, 1.54) is 11.1 Å². The van der Waals surface area contributed by atoms with Crippen molar-refractivity contribution >= 4 is 5.97 Å². The van der Waals surface area contributed by atoms with Gasteiger partial charge >= 0.3 is 5.97 Å². The number of nitrogens with zero attached hydrogens (tertiary/aromatic N) is 1. The standard InChI is InChI=1S/C29H39FN2O2/c1-20(2)16-28(29(33)34)31-26-17-24(27(18-26)23-6-4-3-5-7-23)19-32-14-12-22(13-15-32)21-8-10-25(30)11-9-21/h3-11,20,22,24,26-28,31H,12-19H2,1-2H3,(H,33,34)/t24?,26?,27?,28-/m1/s1. The van der Waals surface area contributed by atoms with Crippen LogP contribution in [0.15, 0.2) is 54.6 Å². The summed E-state index contributed by atoms with van der Waals surface area (Å²) in [5.41, 5.74) is 2.62. The van der Waals surface area contributed by atoms with Crippen LogP contribution in [0.4, 0.5) is 4.39 Å². The molecule has 0 spiro atoms. The number of nitrogens with one attached hydrogen (secondary N) is 1. The molecule has 0 bridgehead atoms. The van der Waals surface area contributed by atoms with Crippen LogP contribution in [0.5, 0.6) is 0 Å². The molecule has 0 radical (unpaired) electrons. The topological polar surface area (TPSA) is 52.6 Å².